The summed E-state index contributed by atoms with van der Waals surface area (Å²) in [6.45, 7) is 0. The summed E-state index contributed by atoms with van der Waals surface area (Å²) in [7, 11) is 0. The normalized spacial score (nSPS) is 12.6. The Kier molecular flexibility index (Phi) is 3.17. The van der Waals surface area contributed by atoms with Gasteiger partial charge in [0.2, 0.25) is 0 Å². The Morgan fingerprint density at radius 3 is 1.94 bits per heavy atom. The third kappa shape index (κ3) is 2.95. The average Bonchev–Trinajstić information content (AvgIpc) is 2.13. The highest BCUT2D eigenvalue weighted by Gasteiger charge is 2.44. The van der Waals surface area contributed by atoms with E-state index in [-0.39, 0.29) is 12.1 Å². The van der Waals surface area contributed by atoms with Crippen molar-refractivity contribution in [2.45, 2.75) is 12.4 Å². The molecule has 17 heavy (non-hydrogen) atoms. The van der Waals surface area contributed by atoms with Gasteiger partial charge in [0.25, 0.3) is 5.78 Å². The number of halogens is 7. The molecule has 1 aromatic rings. The van der Waals surface area contributed by atoms with Crippen LogP contribution >= 0.6 is 0 Å². The van der Waals surface area contributed by atoms with Gasteiger partial charge in [0, 0.05) is 5.56 Å². The molecule has 0 heterocycles. The molecule has 0 saturated heterocycles. The lowest BCUT2D eigenvalue weighted by molar-refractivity contribution is -0.138. The number of alkyl halides is 6. The van der Waals surface area contributed by atoms with Crippen molar-refractivity contribution in [3.8, 4) is 0 Å². The molecule has 8 heteroatoms. The molecule has 0 fully saturated rings. The van der Waals surface area contributed by atoms with Crippen molar-refractivity contribution in [1.82, 2.24) is 0 Å². The van der Waals surface area contributed by atoms with Gasteiger partial charge in [-0.25, -0.2) is 4.39 Å². The fraction of sp³-hybridized carbons (Fsp3) is 0.222. The molecule has 1 rings (SSSR count). The summed E-state index contributed by atoms with van der Waals surface area (Å²) in [4.78, 5) is 10.7. The maximum atomic E-state index is 12.6. The van der Waals surface area contributed by atoms with Gasteiger partial charge in [-0.15, -0.1) is 0 Å². The van der Waals surface area contributed by atoms with Crippen LogP contribution in [0.4, 0.5) is 30.7 Å². The summed E-state index contributed by atoms with van der Waals surface area (Å²) in [6, 6.07) is 0.336. The van der Waals surface area contributed by atoms with Crippen LogP contribution in [-0.2, 0) is 6.18 Å². The molecule has 0 spiro atoms. The fourth-order valence-electron chi connectivity index (χ4n) is 1.10. The van der Waals surface area contributed by atoms with Crippen LogP contribution in [0, 0.1) is 5.82 Å². The second-order valence-corrected chi connectivity index (χ2v) is 3.01. The molecule has 0 radical (unpaired) electrons. The highest BCUT2D eigenvalue weighted by molar-refractivity contribution is 6.01. The van der Waals surface area contributed by atoms with Crippen molar-refractivity contribution in [3.63, 3.8) is 0 Å². The summed E-state index contributed by atoms with van der Waals surface area (Å²) in [5.41, 5.74) is -3.56. The first-order valence-electron chi connectivity index (χ1n) is 4.02. The number of hydrogen-bond donors (Lipinski definition) is 0. The Labute approximate surface area is 89.8 Å². The minimum atomic E-state index is -5.49. The second kappa shape index (κ2) is 4.01. The van der Waals surface area contributed by atoms with E-state index in [0.29, 0.717) is 6.07 Å². The van der Waals surface area contributed by atoms with Gasteiger partial charge in [-0.3, -0.25) is 4.79 Å². The van der Waals surface area contributed by atoms with Gasteiger partial charge in [0.1, 0.15) is 5.82 Å². The van der Waals surface area contributed by atoms with Crippen molar-refractivity contribution in [2.24, 2.45) is 0 Å². The SMILES string of the molecule is O=C(c1cc(F)ccc1C(F)(F)F)C(F)(F)F. The van der Waals surface area contributed by atoms with Crippen LogP contribution in [0.2, 0.25) is 0 Å². The van der Waals surface area contributed by atoms with Crippen LogP contribution in [0.15, 0.2) is 18.2 Å². The molecule has 0 aromatic heterocycles. The number of hydrogen-bond acceptors (Lipinski definition) is 1. The summed E-state index contributed by atoms with van der Waals surface area (Å²) in [5.74, 6) is -4.09. The predicted molar refractivity (Wildman–Crippen MR) is 41.8 cm³/mol. The van der Waals surface area contributed by atoms with Gasteiger partial charge in [0.05, 0.1) is 5.56 Å². The lowest BCUT2D eigenvalue weighted by Gasteiger charge is -2.13. The van der Waals surface area contributed by atoms with Crippen LogP contribution in [-0.4, -0.2) is 12.0 Å². The van der Waals surface area contributed by atoms with E-state index in [1.54, 1.807) is 0 Å². The number of carbonyl (C=O) groups excluding carboxylic acids is 1. The molecule has 0 unspecified atom stereocenters. The van der Waals surface area contributed by atoms with Crippen LogP contribution in [0.25, 0.3) is 0 Å². The van der Waals surface area contributed by atoms with Gasteiger partial charge in [-0.1, -0.05) is 0 Å². The van der Waals surface area contributed by atoms with Crippen molar-refractivity contribution >= 4 is 5.78 Å². The topological polar surface area (TPSA) is 17.1 Å². The van der Waals surface area contributed by atoms with Crippen molar-refractivity contribution in [3.05, 3.63) is 35.1 Å². The molecule has 94 valence electrons. The van der Waals surface area contributed by atoms with E-state index in [4.69, 9.17) is 0 Å². The van der Waals surface area contributed by atoms with E-state index in [2.05, 4.69) is 0 Å². The van der Waals surface area contributed by atoms with Crippen molar-refractivity contribution < 1.29 is 35.5 Å². The Balaban J connectivity index is 3.41. The van der Waals surface area contributed by atoms with Crippen LogP contribution in [0.3, 0.4) is 0 Å². The zero-order valence-corrected chi connectivity index (χ0v) is 7.79. The van der Waals surface area contributed by atoms with Crippen molar-refractivity contribution in [1.29, 1.82) is 0 Å². The maximum Gasteiger partial charge on any atom is 0.454 e. The highest BCUT2D eigenvalue weighted by Crippen LogP contribution is 2.35. The molecule has 0 aliphatic rings. The maximum absolute atomic E-state index is 12.6. The quantitative estimate of drug-likeness (QED) is 0.557. The first-order valence-corrected chi connectivity index (χ1v) is 4.02. The number of rotatable bonds is 1. The van der Waals surface area contributed by atoms with Crippen LogP contribution < -0.4 is 0 Å². The Bertz CT molecular complexity index is 444. The third-order valence-electron chi connectivity index (χ3n) is 1.79. The third-order valence-corrected chi connectivity index (χ3v) is 1.79. The first kappa shape index (κ1) is 13.5. The number of benzene rings is 1. The van der Waals surface area contributed by atoms with Gasteiger partial charge in [-0.2, -0.15) is 26.3 Å². The summed E-state index contributed by atoms with van der Waals surface area (Å²) in [6.07, 6.45) is -10.7. The molecular weight excluding hydrogens is 257 g/mol. The summed E-state index contributed by atoms with van der Waals surface area (Å²) >= 11 is 0. The molecular formula is C9H3F7O. The molecule has 1 nitrogen and oxygen atoms in total. The predicted octanol–water partition coefficient (Wildman–Crippen LogP) is 3.59. The second-order valence-electron chi connectivity index (χ2n) is 3.01. The van der Waals surface area contributed by atoms with Gasteiger partial charge < -0.3 is 0 Å². The Morgan fingerprint density at radius 1 is 1.00 bits per heavy atom. The lowest BCUT2D eigenvalue weighted by atomic mass is 10.0. The van der Waals surface area contributed by atoms with Crippen LogP contribution in [0.1, 0.15) is 15.9 Å². The van der Waals surface area contributed by atoms with E-state index in [9.17, 15) is 35.5 Å². The number of Topliss-reactive ketones (excluding diaryl/α,β-unsaturated/α-hetero) is 1. The average molecular weight is 260 g/mol. The largest absolute Gasteiger partial charge is 0.454 e. The highest BCUT2D eigenvalue weighted by atomic mass is 19.4. The minimum absolute atomic E-state index is 0.0847. The zero-order chi connectivity index (χ0) is 13.4. The molecule has 0 saturated carbocycles. The summed E-state index contributed by atoms with van der Waals surface area (Å²) < 4.78 is 85.4. The molecule has 0 atom stereocenters. The lowest BCUT2D eigenvalue weighted by Crippen LogP contribution is -2.26. The first-order chi connectivity index (χ1) is 7.53. The molecule has 0 aliphatic heterocycles. The molecule has 0 aliphatic carbocycles. The van der Waals surface area contributed by atoms with E-state index in [0.717, 1.165) is 0 Å². The van der Waals surface area contributed by atoms with E-state index in [1.807, 2.05) is 0 Å². The fourth-order valence-corrected chi connectivity index (χ4v) is 1.10. The zero-order valence-electron chi connectivity index (χ0n) is 7.79. The van der Waals surface area contributed by atoms with Crippen molar-refractivity contribution in [2.75, 3.05) is 0 Å². The Morgan fingerprint density at radius 2 is 1.53 bits per heavy atom. The molecule has 1 aromatic carbocycles. The van der Waals surface area contributed by atoms with Gasteiger partial charge in [-0.05, 0) is 18.2 Å². The standard InChI is InChI=1S/C9H3F7O/c10-4-1-2-6(8(11,12)13)5(3-4)7(17)9(14,15)16/h1-3H. The Hall–Kier alpha value is -1.60. The van der Waals surface area contributed by atoms with E-state index < -0.39 is 35.1 Å². The minimum Gasteiger partial charge on any atom is -0.284 e. The van der Waals surface area contributed by atoms with Crippen LogP contribution in [0.5, 0.6) is 0 Å². The number of ketones is 1. The van der Waals surface area contributed by atoms with Gasteiger partial charge >= 0.3 is 12.4 Å². The van der Waals surface area contributed by atoms with E-state index in [1.165, 1.54) is 0 Å². The molecule has 0 N–H and O–H groups in total. The number of carbonyl (C=O) groups is 1. The smallest absolute Gasteiger partial charge is 0.284 e. The van der Waals surface area contributed by atoms with Gasteiger partial charge in [0.15, 0.2) is 0 Å². The molecule has 0 amide bonds. The molecule has 0 bridgehead atoms. The summed E-state index contributed by atoms with van der Waals surface area (Å²) in [5, 5.41) is 0. The monoisotopic (exact) mass is 260 g/mol. The van der Waals surface area contributed by atoms with E-state index >= 15 is 0 Å².